The van der Waals surface area contributed by atoms with Gasteiger partial charge in [0.25, 0.3) is 0 Å². The van der Waals surface area contributed by atoms with Crippen molar-refractivity contribution in [2.24, 2.45) is 0 Å². The largest absolute Gasteiger partial charge is 0.478 e. The Hall–Kier alpha value is -2.38. The lowest BCUT2D eigenvalue weighted by molar-refractivity contribution is -0.145. The smallest absolute Gasteiger partial charge is 0.452 e. The molecule has 0 aliphatic rings. The van der Waals surface area contributed by atoms with Crippen molar-refractivity contribution in [2.75, 3.05) is 0 Å². The van der Waals surface area contributed by atoms with E-state index in [1.807, 2.05) is 0 Å². The van der Waals surface area contributed by atoms with Crippen LogP contribution in [0.5, 0.6) is 0 Å². The van der Waals surface area contributed by atoms with E-state index in [1.54, 1.807) is 6.92 Å². The van der Waals surface area contributed by atoms with Gasteiger partial charge in [0.2, 0.25) is 5.82 Å². The minimum atomic E-state index is -4.59. The molecule has 0 atom stereocenters. The van der Waals surface area contributed by atoms with Crippen LogP contribution in [0.25, 0.3) is 11.7 Å². The summed E-state index contributed by atoms with van der Waals surface area (Å²) in [7, 11) is 0. The second kappa shape index (κ2) is 4.38. The molecule has 2 aromatic rings. The van der Waals surface area contributed by atoms with Gasteiger partial charge in [-0.05, 0) is 24.6 Å². The molecule has 19 heavy (non-hydrogen) atoms. The molecule has 0 fully saturated rings. The van der Waals surface area contributed by atoms with E-state index in [9.17, 15) is 18.0 Å². The molecule has 1 N–H and O–H groups in total. The number of aromatic nitrogens is 3. The van der Waals surface area contributed by atoms with Crippen LogP contribution in [-0.4, -0.2) is 25.7 Å². The van der Waals surface area contributed by atoms with E-state index in [-0.39, 0.29) is 5.65 Å². The first-order chi connectivity index (χ1) is 8.80. The van der Waals surface area contributed by atoms with Gasteiger partial charge in [0.1, 0.15) is 0 Å². The van der Waals surface area contributed by atoms with Crippen LogP contribution in [0.3, 0.4) is 0 Å². The van der Waals surface area contributed by atoms with E-state index in [0.717, 1.165) is 16.7 Å². The molecule has 100 valence electrons. The zero-order valence-electron chi connectivity index (χ0n) is 9.64. The summed E-state index contributed by atoms with van der Waals surface area (Å²) in [6.45, 7) is 1.55. The fraction of sp³-hybridized carbons (Fsp3) is 0.182. The molecule has 8 heteroatoms. The van der Waals surface area contributed by atoms with Crippen LogP contribution >= 0.6 is 0 Å². The molecule has 0 spiro atoms. The van der Waals surface area contributed by atoms with Gasteiger partial charge in [-0.3, -0.25) is 4.40 Å². The highest BCUT2D eigenvalue weighted by molar-refractivity contribution is 5.86. The van der Waals surface area contributed by atoms with Crippen molar-refractivity contribution in [2.45, 2.75) is 13.1 Å². The maximum absolute atomic E-state index is 12.6. The topological polar surface area (TPSA) is 67.5 Å². The Labute approximate surface area is 105 Å². The standard InChI is InChI=1S/C11H8F3N3O2/c1-6-7(2-3-8(18)19)4-5-17-9(6)15-16-10(17)11(12,13)14/h2-5H,1H3,(H,18,19)/b3-2+. The number of aliphatic carboxylic acids is 1. The number of fused-ring (bicyclic) bond motifs is 1. The summed E-state index contributed by atoms with van der Waals surface area (Å²) >= 11 is 0. The molecule has 0 aromatic carbocycles. The maximum atomic E-state index is 12.6. The highest BCUT2D eigenvalue weighted by Gasteiger charge is 2.37. The Bertz CT molecular complexity index is 674. The van der Waals surface area contributed by atoms with E-state index in [4.69, 9.17) is 5.11 Å². The lowest BCUT2D eigenvalue weighted by Crippen LogP contribution is -2.10. The SMILES string of the molecule is Cc1c(/C=C/C(=O)O)ccn2c(C(F)(F)F)nnc12. The Morgan fingerprint density at radius 1 is 1.42 bits per heavy atom. The third kappa shape index (κ3) is 2.42. The van der Waals surface area contributed by atoms with Crippen molar-refractivity contribution in [1.82, 2.24) is 14.6 Å². The van der Waals surface area contributed by atoms with Gasteiger partial charge >= 0.3 is 12.1 Å². The molecule has 0 bridgehead atoms. The van der Waals surface area contributed by atoms with Gasteiger partial charge < -0.3 is 5.11 Å². The first-order valence-corrected chi connectivity index (χ1v) is 5.13. The average molecular weight is 271 g/mol. The van der Waals surface area contributed by atoms with Crippen LogP contribution in [-0.2, 0) is 11.0 Å². The predicted octanol–water partition coefficient (Wildman–Crippen LogP) is 2.15. The highest BCUT2D eigenvalue weighted by atomic mass is 19.4. The van der Waals surface area contributed by atoms with Crippen LogP contribution in [0.4, 0.5) is 13.2 Å². The van der Waals surface area contributed by atoms with E-state index >= 15 is 0 Å². The van der Waals surface area contributed by atoms with Gasteiger partial charge in [-0.25, -0.2) is 4.79 Å². The minimum Gasteiger partial charge on any atom is -0.478 e. The van der Waals surface area contributed by atoms with Crippen molar-refractivity contribution in [3.63, 3.8) is 0 Å². The molecular weight excluding hydrogens is 263 g/mol. The van der Waals surface area contributed by atoms with Gasteiger partial charge in [0.05, 0.1) is 0 Å². The van der Waals surface area contributed by atoms with Crippen LogP contribution in [0, 0.1) is 6.92 Å². The fourth-order valence-electron chi connectivity index (χ4n) is 1.63. The summed E-state index contributed by atoms with van der Waals surface area (Å²) in [4.78, 5) is 10.4. The molecule has 0 saturated heterocycles. The second-order valence-electron chi connectivity index (χ2n) is 3.78. The van der Waals surface area contributed by atoms with Gasteiger partial charge in [-0.2, -0.15) is 13.2 Å². The zero-order valence-corrected chi connectivity index (χ0v) is 9.64. The molecule has 0 amide bonds. The molecule has 0 aliphatic carbocycles. The van der Waals surface area contributed by atoms with E-state index in [2.05, 4.69) is 10.2 Å². The number of carboxylic acid groups (broad SMARTS) is 1. The summed E-state index contributed by atoms with van der Waals surface area (Å²) in [5, 5.41) is 15.1. The first-order valence-electron chi connectivity index (χ1n) is 5.13. The van der Waals surface area contributed by atoms with Crippen molar-refractivity contribution in [3.8, 4) is 0 Å². The normalized spacial score (nSPS) is 12.4. The van der Waals surface area contributed by atoms with Crippen molar-refractivity contribution >= 4 is 17.7 Å². The molecule has 5 nitrogen and oxygen atoms in total. The summed E-state index contributed by atoms with van der Waals surface area (Å²) < 4.78 is 38.7. The fourth-order valence-corrected chi connectivity index (χ4v) is 1.63. The monoisotopic (exact) mass is 271 g/mol. The highest BCUT2D eigenvalue weighted by Crippen LogP contribution is 2.29. The Balaban J connectivity index is 2.59. The average Bonchev–Trinajstić information content (AvgIpc) is 2.72. The van der Waals surface area contributed by atoms with Crippen molar-refractivity contribution in [1.29, 1.82) is 0 Å². The Morgan fingerprint density at radius 3 is 2.68 bits per heavy atom. The molecule has 0 unspecified atom stereocenters. The first kappa shape index (κ1) is 13.1. The number of carbonyl (C=O) groups is 1. The minimum absolute atomic E-state index is 0.0415. The number of halogens is 3. The van der Waals surface area contributed by atoms with Gasteiger partial charge in [-0.15, -0.1) is 10.2 Å². The lowest BCUT2D eigenvalue weighted by atomic mass is 10.1. The molecule has 2 rings (SSSR count). The lowest BCUT2D eigenvalue weighted by Gasteiger charge is -2.06. The second-order valence-corrected chi connectivity index (χ2v) is 3.78. The summed E-state index contributed by atoms with van der Waals surface area (Å²) in [6.07, 6.45) is -1.24. The number of hydrogen-bond acceptors (Lipinski definition) is 3. The predicted molar refractivity (Wildman–Crippen MR) is 59.4 cm³/mol. The Kier molecular flexibility index (Phi) is 3.01. The van der Waals surface area contributed by atoms with Crippen molar-refractivity contribution < 1.29 is 23.1 Å². The zero-order chi connectivity index (χ0) is 14.2. The third-order valence-electron chi connectivity index (χ3n) is 2.53. The number of carboxylic acids is 1. The molecule has 0 radical (unpaired) electrons. The quantitative estimate of drug-likeness (QED) is 0.850. The molecule has 0 saturated carbocycles. The van der Waals surface area contributed by atoms with Gasteiger partial charge in [-0.1, -0.05) is 0 Å². The summed E-state index contributed by atoms with van der Waals surface area (Å²) in [5.74, 6) is -2.25. The van der Waals surface area contributed by atoms with E-state index in [1.165, 1.54) is 12.1 Å². The van der Waals surface area contributed by atoms with E-state index < -0.39 is 18.0 Å². The maximum Gasteiger partial charge on any atom is 0.452 e. The number of nitrogens with zero attached hydrogens (tertiary/aromatic N) is 3. The Morgan fingerprint density at radius 2 is 2.11 bits per heavy atom. The number of pyridine rings is 1. The molecular formula is C11H8F3N3O2. The van der Waals surface area contributed by atoms with Gasteiger partial charge in [0, 0.05) is 17.8 Å². The molecule has 2 heterocycles. The number of aryl methyl sites for hydroxylation is 1. The molecule has 2 aromatic heterocycles. The number of alkyl halides is 3. The van der Waals surface area contributed by atoms with Gasteiger partial charge in [0.15, 0.2) is 5.65 Å². The van der Waals surface area contributed by atoms with Crippen LogP contribution in [0.1, 0.15) is 17.0 Å². The number of hydrogen-bond donors (Lipinski definition) is 1. The van der Waals surface area contributed by atoms with Crippen LogP contribution < -0.4 is 0 Å². The third-order valence-corrected chi connectivity index (χ3v) is 2.53. The van der Waals surface area contributed by atoms with Crippen LogP contribution in [0.15, 0.2) is 18.3 Å². The number of rotatable bonds is 2. The van der Waals surface area contributed by atoms with Crippen LogP contribution in [0.2, 0.25) is 0 Å². The summed E-state index contributed by atoms with van der Waals surface area (Å²) in [5.41, 5.74) is 0.930. The summed E-state index contributed by atoms with van der Waals surface area (Å²) in [6, 6.07) is 1.38. The van der Waals surface area contributed by atoms with Crippen molar-refractivity contribution in [3.05, 3.63) is 35.3 Å². The van der Waals surface area contributed by atoms with E-state index in [0.29, 0.717) is 11.1 Å². The molecule has 0 aliphatic heterocycles.